The van der Waals surface area contributed by atoms with Crippen LogP contribution in [0.4, 0.5) is 5.69 Å². The normalized spacial score (nSPS) is 14.3. The van der Waals surface area contributed by atoms with Crippen molar-refractivity contribution < 1.29 is 4.79 Å². The van der Waals surface area contributed by atoms with E-state index in [-0.39, 0.29) is 18.0 Å². The molecule has 1 aliphatic rings. The van der Waals surface area contributed by atoms with Crippen LogP contribution < -0.4 is 10.5 Å². The molecule has 0 N–H and O–H groups in total. The number of thiazole rings is 1. The van der Waals surface area contributed by atoms with E-state index >= 15 is 0 Å². The monoisotopic (exact) mass is 441 g/mol. The van der Waals surface area contributed by atoms with Crippen molar-refractivity contribution in [3.63, 3.8) is 0 Å². The Kier molecular flexibility index (Phi) is 5.83. The third-order valence-electron chi connectivity index (χ3n) is 5.26. The van der Waals surface area contributed by atoms with Gasteiger partial charge in [-0.1, -0.05) is 29.5 Å². The van der Waals surface area contributed by atoms with Crippen LogP contribution in [0.1, 0.15) is 5.56 Å². The molecule has 7 nitrogen and oxygen atoms in total. The van der Waals surface area contributed by atoms with Crippen LogP contribution in [0.15, 0.2) is 48.0 Å². The van der Waals surface area contributed by atoms with Gasteiger partial charge in [0.15, 0.2) is 9.60 Å². The average molecular weight is 442 g/mol. The molecule has 0 unspecified atom stereocenters. The lowest BCUT2D eigenvalue weighted by atomic mass is 10.2. The summed E-state index contributed by atoms with van der Waals surface area (Å²) < 4.78 is 4.20. The topological polar surface area (TPSA) is 63.4 Å². The zero-order valence-corrected chi connectivity index (χ0v) is 18.4. The van der Waals surface area contributed by atoms with E-state index in [1.807, 2.05) is 4.90 Å². The number of carbonyl (C=O) groups is 1. The second-order valence-corrected chi connectivity index (χ2v) is 8.95. The van der Waals surface area contributed by atoms with Crippen molar-refractivity contribution in [3.8, 4) is 0 Å². The van der Waals surface area contributed by atoms with Gasteiger partial charge in [0.2, 0.25) is 5.91 Å². The molecule has 30 heavy (non-hydrogen) atoms. The van der Waals surface area contributed by atoms with Gasteiger partial charge >= 0.3 is 0 Å². The van der Waals surface area contributed by atoms with Gasteiger partial charge in [0.25, 0.3) is 5.56 Å². The number of hydrogen-bond donors (Lipinski definition) is 0. The summed E-state index contributed by atoms with van der Waals surface area (Å²) in [6.07, 6.45) is 3.15. The molecule has 4 rings (SSSR count). The first kappa shape index (κ1) is 20.5. The molecule has 156 valence electrons. The lowest BCUT2D eigenvalue weighted by Crippen LogP contribution is -2.50. The number of amides is 1. The molecule has 9 heteroatoms. The number of aryl methyl sites for hydroxylation is 1. The summed E-state index contributed by atoms with van der Waals surface area (Å²) in [6, 6.07) is 8.38. The fourth-order valence-corrected chi connectivity index (χ4v) is 4.97. The van der Waals surface area contributed by atoms with Gasteiger partial charge in [-0.15, -0.1) is 6.58 Å². The number of aromatic nitrogens is 3. The van der Waals surface area contributed by atoms with Gasteiger partial charge in [-0.05, 0) is 36.8 Å². The van der Waals surface area contributed by atoms with Gasteiger partial charge in [-0.2, -0.15) is 0 Å². The molecule has 0 bridgehead atoms. The lowest BCUT2D eigenvalue weighted by molar-refractivity contribution is -0.132. The van der Waals surface area contributed by atoms with Crippen molar-refractivity contribution in [1.29, 1.82) is 0 Å². The van der Waals surface area contributed by atoms with Crippen LogP contribution >= 0.6 is 23.6 Å². The molecule has 1 saturated heterocycles. The van der Waals surface area contributed by atoms with Gasteiger partial charge in [-0.25, -0.2) is 4.98 Å². The first-order valence-electron chi connectivity index (χ1n) is 9.77. The Hall–Kier alpha value is -2.78. The molecule has 3 heterocycles. The van der Waals surface area contributed by atoms with Crippen LogP contribution in [0.5, 0.6) is 0 Å². The fourth-order valence-electron chi connectivity index (χ4n) is 3.66. The Bertz CT molecular complexity index is 1220. The summed E-state index contributed by atoms with van der Waals surface area (Å²) in [4.78, 5) is 34.1. The van der Waals surface area contributed by atoms with Crippen LogP contribution in [0.25, 0.3) is 10.3 Å². The van der Waals surface area contributed by atoms with E-state index < -0.39 is 0 Å². The summed E-state index contributed by atoms with van der Waals surface area (Å²) in [5, 5.41) is 0. The molecule has 2 aromatic heterocycles. The molecule has 0 radical (unpaired) electrons. The summed E-state index contributed by atoms with van der Waals surface area (Å²) >= 11 is 6.56. The van der Waals surface area contributed by atoms with E-state index in [0.717, 1.165) is 13.1 Å². The number of allylic oxidation sites excluding steroid dienone is 1. The van der Waals surface area contributed by atoms with Gasteiger partial charge in [0.1, 0.15) is 17.6 Å². The summed E-state index contributed by atoms with van der Waals surface area (Å²) in [5.74, 6) is -0.0729. The highest BCUT2D eigenvalue weighted by atomic mass is 32.1. The zero-order chi connectivity index (χ0) is 21.3. The van der Waals surface area contributed by atoms with Crippen molar-refractivity contribution in [3.05, 3.63) is 63.1 Å². The number of anilines is 1. The van der Waals surface area contributed by atoms with Crippen LogP contribution in [0.3, 0.4) is 0 Å². The molecule has 3 aromatic rings. The molecule has 1 fully saturated rings. The first-order valence-corrected chi connectivity index (χ1v) is 11.0. The van der Waals surface area contributed by atoms with E-state index in [1.165, 1.54) is 33.5 Å². The number of hydrogen-bond acceptors (Lipinski definition) is 6. The Labute approximate surface area is 183 Å². The Morgan fingerprint density at radius 2 is 2.07 bits per heavy atom. The molecule has 0 saturated carbocycles. The number of carbonyl (C=O) groups excluding carboxylic acids is 1. The minimum atomic E-state index is -0.231. The molecule has 1 aliphatic heterocycles. The van der Waals surface area contributed by atoms with E-state index in [2.05, 4.69) is 47.7 Å². The predicted molar refractivity (Wildman–Crippen MR) is 123 cm³/mol. The Morgan fingerprint density at radius 3 is 2.77 bits per heavy atom. The van der Waals surface area contributed by atoms with Gasteiger partial charge in [0, 0.05) is 38.4 Å². The maximum absolute atomic E-state index is 12.9. The average Bonchev–Trinajstić information content (AvgIpc) is 3.07. The van der Waals surface area contributed by atoms with Gasteiger partial charge < -0.3 is 14.4 Å². The van der Waals surface area contributed by atoms with Crippen molar-refractivity contribution in [2.45, 2.75) is 20.0 Å². The first-order chi connectivity index (χ1) is 14.5. The van der Waals surface area contributed by atoms with Crippen molar-refractivity contribution in [2.24, 2.45) is 0 Å². The highest BCUT2D eigenvalue weighted by Crippen LogP contribution is 2.19. The van der Waals surface area contributed by atoms with Crippen molar-refractivity contribution in [1.82, 2.24) is 19.0 Å². The van der Waals surface area contributed by atoms with Gasteiger partial charge in [0.05, 0.1) is 0 Å². The quantitative estimate of drug-likeness (QED) is 0.450. The molecular weight excluding hydrogens is 418 g/mol. The number of nitrogens with zero attached hydrogens (tertiary/aromatic N) is 5. The molecule has 1 amide bonds. The zero-order valence-electron chi connectivity index (χ0n) is 16.8. The third kappa shape index (κ3) is 3.95. The van der Waals surface area contributed by atoms with Gasteiger partial charge in [-0.3, -0.25) is 14.2 Å². The number of fused-ring (bicyclic) bond motifs is 1. The Morgan fingerprint density at radius 1 is 1.30 bits per heavy atom. The lowest BCUT2D eigenvalue weighted by Gasteiger charge is -2.36. The second kappa shape index (κ2) is 8.53. The minimum Gasteiger partial charge on any atom is -0.368 e. The molecule has 0 atom stereocenters. The van der Waals surface area contributed by atoms with E-state index in [0.29, 0.717) is 33.9 Å². The van der Waals surface area contributed by atoms with Crippen LogP contribution in [-0.4, -0.2) is 51.1 Å². The predicted octanol–water partition coefficient (Wildman–Crippen LogP) is 2.83. The van der Waals surface area contributed by atoms with E-state index in [4.69, 9.17) is 12.2 Å². The van der Waals surface area contributed by atoms with Crippen LogP contribution in [-0.2, 0) is 17.9 Å². The largest absolute Gasteiger partial charge is 0.368 e. The SMILES string of the molecule is C=CCn1c(=S)sc2c(=O)n(CC(=O)N3CCN(c4cccc(C)c4)CC3)cnc21. The number of piperazine rings is 1. The minimum absolute atomic E-state index is 0.0155. The van der Waals surface area contributed by atoms with Crippen molar-refractivity contribution >= 4 is 45.5 Å². The third-order valence-corrected chi connectivity index (χ3v) is 6.69. The smallest absolute Gasteiger partial charge is 0.273 e. The molecule has 1 aromatic carbocycles. The summed E-state index contributed by atoms with van der Waals surface area (Å²) in [6.45, 7) is 9.08. The summed E-state index contributed by atoms with van der Waals surface area (Å²) in [7, 11) is 0. The standard InChI is InChI=1S/C21H23N5O2S2/c1-3-7-26-19-18(30-21(26)29)20(28)25(14-22-19)13-17(27)24-10-8-23(9-11-24)16-6-4-5-15(2)12-16/h3-6,12,14H,1,7-11,13H2,2H3. The fraction of sp³-hybridized carbons (Fsp3) is 0.333. The molecular formula is C21H23N5O2S2. The molecule has 0 spiro atoms. The highest BCUT2D eigenvalue weighted by Gasteiger charge is 2.22. The van der Waals surface area contributed by atoms with Crippen LogP contribution in [0, 0.1) is 10.9 Å². The highest BCUT2D eigenvalue weighted by molar-refractivity contribution is 7.73. The maximum atomic E-state index is 12.9. The Balaban J connectivity index is 1.46. The number of benzene rings is 1. The van der Waals surface area contributed by atoms with Crippen LogP contribution in [0.2, 0.25) is 0 Å². The van der Waals surface area contributed by atoms with E-state index in [9.17, 15) is 9.59 Å². The number of rotatable bonds is 5. The maximum Gasteiger partial charge on any atom is 0.273 e. The van der Waals surface area contributed by atoms with Crippen molar-refractivity contribution in [2.75, 3.05) is 31.1 Å². The molecule has 0 aliphatic carbocycles. The summed E-state index contributed by atoms with van der Waals surface area (Å²) in [5.41, 5.74) is 2.72. The second-order valence-electron chi connectivity index (χ2n) is 7.30. The van der Waals surface area contributed by atoms with E-state index in [1.54, 1.807) is 10.6 Å².